The molecule has 1 aliphatic heterocycles. The molecule has 3 rings (SSSR count). The van der Waals surface area contributed by atoms with E-state index in [0.717, 1.165) is 17.7 Å². The Morgan fingerprint density at radius 1 is 1.26 bits per heavy atom. The maximum absolute atomic E-state index is 13.3. The fourth-order valence-electron chi connectivity index (χ4n) is 4.11. The molecule has 2 aromatic rings. The van der Waals surface area contributed by atoms with Crippen LogP contribution in [0.15, 0.2) is 29.6 Å². The van der Waals surface area contributed by atoms with Crippen LogP contribution in [0.4, 0.5) is 0 Å². The Bertz CT molecular complexity index is 921. The van der Waals surface area contributed by atoms with Gasteiger partial charge in [0.1, 0.15) is 12.4 Å². The molecule has 31 heavy (non-hydrogen) atoms. The molecule has 0 bridgehead atoms. The van der Waals surface area contributed by atoms with Crippen molar-refractivity contribution in [2.24, 2.45) is 5.92 Å². The van der Waals surface area contributed by atoms with Crippen LogP contribution in [0.2, 0.25) is 0 Å². The number of amides is 2. The number of thiophene rings is 1. The van der Waals surface area contributed by atoms with Crippen molar-refractivity contribution in [3.63, 3.8) is 0 Å². The molecule has 0 spiro atoms. The third-order valence-corrected chi connectivity index (χ3v) is 6.78. The smallest absolute Gasteiger partial charge is 0.242 e. The SMILES string of the molecule is CCN(CC(=O)N1CCc2sccc2C1COc1ccc(C)cc1C)C(=O)CC(C)C. The molecule has 2 amide bonds. The number of aryl methyl sites for hydroxylation is 2. The topological polar surface area (TPSA) is 49.9 Å². The molecule has 168 valence electrons. The number of carbonyl (C=O) groups is 2. The van der Waals surface area contributed by atoms with Gasteiger partial charge in [-0.2, -0.15) is 0 Å². The molecule has 5 nitrogen and oxygen atoms in total. The van der Waals surface area contributed by atoms with Gasteiger partial charge in [0.2, 0.25) is 11.8 Å². The van der Waals surface area contributed by atoms with Crippen molar-refractivity contribution >= 4 is 23.2 Å². The minimum absolute atomic E-state index is 0.00923. The van der Waals surface area contributed by atoms with Crippen LogP contribution in [-0.4, -0.2) is 47.9 Å². The van der Waals surface area contributed by atoms with E-state index in [9.17, 15) is 9.59 Å². The summed E-state index contributed by atoms with van der Waals surface area (Å²) in [6.45, 7) is 11.8. The van der Waals surface area contributed by atoms with Crippen LogP contribution in [-0.2, 0) is 16.0 Å². The van der Waals surface area contributed by atoms with Crippen molar-refractivity contribution in [3.05, 3.63) is 51.2 Å². The highest BCUT2D eigenvalue weighted by molar-refractivity contribution is 7.10. The first-order valence-corrected chi connectivity index (χ1v) is 12.0. The number of rotatable bonds is 8. The van der Waals surface area contributed by atoms with Gasteiger partial charge in [0.05, 0.1) is 12.6 Å². The van der Waals surface area contributed by atoms with Crippen LogP contribution in [0.5, 0.6) is 5.75 Å². The van der Waals surface area contributed by atoms with E-state index in [2.05, 4.69) is 24.4 Å². The van der Waals surface area contributed by atoms with E-state index in [-0.39, 0.29) is 30.3 Å². The number of fused-ring (bicyclic) bond motifs is 1. The lowest BCUT2D eigenvalue weighted by Crippen LogP contribution is -2.47. The number of likely N-dealkylation sites (N-methyl/N-ethyl adjacent to an activating group) is 1. The average Bonchev–Trinajstić information content (AvgIpc) is 3.19. The molecule has 0 aliphatic carbocycles. The molecule has 1 aromatic heterocycles. The first-order valence-electron chi connectivity index (χ1n) is 11.1. The summed E-state index contributed by atoms with van der Waals surface area (Å²) in [6.07, 6.45) is 1.32. The zero-order valence-corrected chi connectivity index (χ0v) is 20.1. The van der Waals surface area contributed by atoms with Crippen molar-refractivity contribution in [1.82, 2.24) is 9.80 Å². The van der Waals surface area contributed by atoms with Gasteiger partial charge in [0.25, 0.3) is 0 Å². The van der Waals surface area contributed by atoms with Gasteiger partial charge in [-0.1, -0.05) is 31.5 Å². The van der Waals surface area contributed by atoms with Crippen LogP contribution in [0.3, 0.4) is 0 Å². The predicted molar refractivity (Wildman–Crippen MR) is 126 cm³/mol. The number of hydrogen-bond acceptors (Lipinski definition) is 4. The molecular formula is C25H34N2O3S. The first-order chi connectivity index (χ1) is 14.8. The summed E-state index contributed by atoms with van der Waals surface area (Å²) in [4.78, 5) is 30.8. The second-order valence-corrected chi connectivity index (χ2v) is 9.74. The highest BCUT2D eigenvalue weighted by Crippen LogP contribution is 2.34. The van der Waals surface area contributed by atoms with Crippen molar-refractivity contribution in [1.29, 1.82) is 0 Å². The molecule has 1 aliphatic rings. The summed E-state index contributed by atoms with van der Waals surface area (Å²) in [5.74, 6) is 1.16. The van der Waals surface area contributed by atoms with Gasteiger partial charge in [0, 0.05) is 24.4 Å². The minimum atomic E-state index is -0.137. The van der Waals surface area contributed by atoms with Crippen LogP contribution >= 0.6 is 11.3 Å². The van der Waals surface area contributed by atoms with Crippen LogP contribution in [0.25, 0.3) is 0 Å². The van der Waals surface area contributed by atoms with E-state index in [1.807, 2.05) is 44.7 Å². The molecule has 0 saturated carbocycles. The maximum Gasteiger partial charge on any atom is 0.242 e. The fourth-order valence-corrected chi connectivity index (χ4v) is 5.04. The maximum atomic E-state index is 13.3. The molecule has 6 heteroatoms. The fraction of sp³-hybridized carbons (Fsp3) is 0.520. The van der Waals surface area contributed by atoms with Crippen LogP contribution in [0.1, 0.15) is 54.8 Å². The van der Waals surface area contributed by atoms with Crippen LogP contribution < -0.4 is 4.74 Å². The summed E-state index contributed by atoms with van der Waals surface area (Å²) < 4.78 is 6.20. The lowest BCUT2D eigenvalue weighted by Gasteiger charge is -2.37. The standard InChI is InChI=1S/C25H34N2O3S/c1-6-26(24(28)13-17(2)3)15-25(29)27-11-9-23-20(10-12-31-23)21(27)16-30-22-8-7-18(4)14-19(22)5/h7-8,10,12,14,17,21H,6,9,11,13,15-16H2,1-5H3. The summed E-state index contributed by atoms with van der Waals surface area (Å²) in [7, 11) is 0. The quantitative estimate of drug-likeness (QED) is 0.592. The third-order valence-electron chi connectivity index (χ3n) is 5.79. The van der Waals surface area contributed by atoms with E-state index in [1.165, 1.54) is 16.0 Å². The highest BCUT2D eigenvalue weighted by Gasteiger charge is 2.33. The number of ether oxygens (including phenoxy) is 1. The largest absolute Gasteiger partial charge is 0.491 e. The molecule has 1 atom stereocenters. The van der Waals surface area contributed by atoms with Gasteiger partial charge in [-0.05, 0) is 61.7 Å². The molecular weight excluding hydrogens is 408 g/mol. The Morgan fingerprint density at radius 3 is 2.71 bits per heavy atom. The summed E-state index contributed by atoms with van der Waals surface area (Å²) in [5.41, 5.74) is 3.46. The molecule has 0 radical (unpaired) electrons. The second kappa shape index (κ2) is 10.3. The summed E-state index contributed by atoms with van der Waals surface area (Å²) >= 11 is 1.74. The second-order valence-electron chi connectivity index (χ2n) is 8.74. The van der Waals surface area contributed by atoms with Crippen molar-refractivity contribution in [3.8, 4) is 5.75 Å². The van der Waals surface area contributed by atoms with E-state index >= 15 is 0 Å². The first kappa shape index (κ1) is 23.3. The normalized spacial score (nSPS) is 15.7. The van der Waals surface area contributed by atoms with Crippen molar-refractivity contribution < 1.29 is 14.3 Å². The summed E-state index contributed by atoms with van der Waals surface area (Å²) in [6, 6.07) is 8.12. The summed E-state index contributed by atoms with van der Waals surface area (Å²) in [5, 5.41) is 2.09. The Balaban J connectivity index is 1.76. The van der Waals surface area contributed by atoms with Gasteiger partial charge in [-0.15, -0.1) is 11.3 Å². The van der Waals surface area contributed by atoms with Gasteiger partial charge in [0.15, 0.2) is 0 Å². The predicted octanol–water partition coefficient (Wildman–Crippen LogP) is 4.76. The van der Waals surface area contributed by atoms with E-state index in [0.29, 0.717) is 26.1 Å². The Morgan fingerprint density at radius 2 is 2.03 bits per heavy atom. The number of nitrogens with zero attached hydrogens (tertiary/aromatic N) is 2. The van der Waals surface area contributed by atoms with Crippen molar-refractivity contribution in [2.75, 3.05) is 26.2 Å². The molecule has 1 aromatic carbocycles. The third kappa shape index (κ3) is 5.67. The Hall–Kier alpha value is -2.34. The lowest BCUT2D eigenvalue weighted by atomic mass is 10.00. The Kier molecular flexibility index (Phi) is 7.76. The zero-order chi connectivity index (χ0) is 22.5. The number of hydrogen-bond donors (Lipinski definition) is 0. The lowest BCUT2D eigenvalue weighted by molar-refractivity contribution is -0.143. The van der Waals surface area contributed by atoms with Gasteiger partial charge < -0.3 is 14.5 Å². The average molecular weight is 443 g/mol. The zero-order valence-electron chi connectivity index (χ0n) is 19.3. The number of benzene rings is 1. The van der Waals surface area contributed by atoms with Gasteiger partial charge in [-0.3, -0.25) is 9.59 Å². The van der Waals surface area contributed by atoms with E-state index < -0.39 is 0 Å². The van der Waals surface area contributed by atoms with Crippen molar-refractivity contribution in [2.45, 2.75) is 53.5 Å². The Labute approximate surface area is 190 Å². The van der Waals surface area contributed by atoms with Gasteiger partial charge in [-0.25, -0.2) is 0 Å². The monoisotopic (exact) mass is 442 g/mol. The highest BCUT2D eigenvalue weighted by atomic mass is 32.1. The van der Waals surface area contributed by atoms with E-state index in [1.54, 1.807) is 16.2 Å². The number of carbonyl (C=O) groups excluding carboxylic acids is 2. The molecule has 2 heterocycles. The van der Waals surface area contributed by atoms with E-state index in [4.69, 9.17) is 4.74 Å². The molecule has 1 unspecified atom stereocenters. The molecule has 0 N–H and O–H groups in total. The molecule has 0 saturated heterocycles. The molecule has 0 fully saturated rings. The van der Waals surface area contributed by atoms with Gasteiger partial charge >= 0.3 is 0 Å². The minimum Gasteiger partial charge on any atom is -0.491 e. The van der Waals surface area contributed by atoms with Crippen LogP contribution in [0, 0.1) is 19.8 Å².